The molecule has 5 aromatic rings. The second-order valence-electron chi connectivity index (χ2n) is 10.5. The normalized spacial score (nSPS) is 13.4. The first-order valence-corrected chi connectivity index (χ1v) is 14.9. The third-order valence-electron chi connectivity index (χ3n) is 7.77. The topological polar surface area (TPSA) is 69.8 Å². The number of benzene rings is 4. The summed E-state index contributed by atoms with van der Waals surface area (Å²) in [4.78, 5) is 7.36. The first-order valence-electron chi connectivity index (χ1n) is 13.3. The number of hydrogen-bond acceptors (Lipinski definition) is 5. The molecule has 0 saturated carbocycles. The molecule has 1 aromatic heterocycles. The summed E-state index contributed by atoms with van der Waals surface area (Å²) < 4.78 is 4.51. The molecular formula is C35H25N5SSe. The molecule has 5 nitrogen and oxygen atoms in total. The van der Waals surface area contributed by atoms with Crippen molar-refractivity contribution in [3.63, 3.8) is 0 Å². The van der Waals surface area contributed by atoms with Crippen molar-refractivity contribution in [3.05, 3.63) is 130 Å². The van der Waals surface area contributed by atoms with Crippen molar-refractivity contribution in [1.29, 1.82) is 5.26 Å². The fourth-order valence-electron chi connectivity index (χ4n) is 5.68. The van der Waals surface area contributed by atoms with E-state index in [2.05, 4.69) is 116 Å². The molecule has 202 valence electrons. The van der Waals surface area contributed by atoms with Gasteiger partial charge in [0.15, 0.2) is 0 Å². The van der Waals surface area contributed by atoms with E-state index in [9.17, 15) is 0 Å². The Morgan fingerprint density at radius 1 is 0.952 bits per heavy atom. The van der Waals surface area contributed by atoms with Crippen LogP contribution in [-0.2, 0) is 5.41 Å². The summed E-state index contributed by atoms with van der Waals surface area (Å²) in [5.41, 5.74) is 16.6. The van der Waals surface area contributed by atoms with Gasteiger partial charge in [0.2, 0.25) is 0 Å². The zero-order valence-electron chi connectivity index (χ0n) is 23.0. The van der Waals surface area contributed by atoms with Crippen LogP contribution in [0, 0.1) is 17.9 Å². The van der Waals surface area contributed by atoms with Gasteiger partial charge in [0.1, 0.15) is 0 Å². The molecule has 1 aliphatic heterocycles. The number of rotatable bonds is 5. The maximum atomic E-state index is 9.12. The van der Waals surface area contributed by atoms with Gasteiger partial charge in [-0.2, -0.15) is 0 Å². The van der Waals surface area contributed by atoms with Crippen molar-refractivity contribution in [3.8, 4) is 27.6 Å². The van der Waals surface area contributed by atoms with Crippen LogP contribution in [0.15, 0.2) is 107 Å². The van der Waals surface area contributed by atoms with Gasteiger partial charge < -0.3 is 0 Å². The van der Waals surface area contributed by atoms with Gasteiger partial charge in [-0.25, -0.2) is 0 Å². The molecule has 0 unspecified atom stereocenters. The Hall–Kier alpha value is -4.78. The molecule has 0 amide bonds. The number of thiophene rings is 1. The minimum atomic E-state index is -0.233. The number of fused-ring (bicyclic) bond motifs is 2. The van der Waals surface area contributed by atoms with Gasteiger partial charge in [0, 0.05) is 0 Å². The van der Waals surface area contributed by atoms with Crippen molar-refractivity contribution in [2.45, 2.75) is 19.3 Å². The maximum absolute atomic E-state index is 9.12. The molecule has 0 fully saturated rings. The van der Waals surface area contributed by atoms with Gasteiger partial charge in [0.25, 0.3) is 0 Å². The van der Waals surface area contributed by atoms with Crippen LogP contribution in [-0.4, -0.2) is 15.8 Å². The van der Waals surface area contributed by atoms with E-state index in [1.165, 1.54) is 28.2 Å². The molecule has 4 aromatic carbocycles. The van der Waals surface area contributed by atoms with E-state index in [4.69, 9.17) is 17.6 Å². The Morgan fingerprint density at radius 2 is 1.67 bits per heavy atom. The van der Waals surface area contributed by atoms with Gasteiger partial charge in [-0.15, -0.1) is 0 Å². The molecule has 0 aliphatic carbocycles. The zero-order valence-corrected chi connectivity index (χ0v) is 25.5. The van der Waals surface area contributed by atoms with Gasteiger partial charge in [-0.3, -0.25) is 0 Å². The van der Waals surface area contributed by atoms with E-state index in [1.54, 1.807) is 6.08 Å². The van der Waals surface area contributed by atoms with Gasteiger partial charge in [0.05, 0.1) is 0 Å². The number of nitrogen functional groups attached to an aromatic ring is 1. The first-order chi connectivity index (χ1) is 20.4. The predicted octanol–water partition coefficient (Wildman–Crippen LogP) is 9.54. The van der Waals surface area contributed by atoms with Crippen LogP contribution >= 0.6 is 11.3 Å². The van der Waals surface area contributed by atoms with E-state index in [-0.39, 0.29) is 11.1 Å². The van der Waals surface area contributed by atoms with E-state index in [1.807, 2.05) is 30.3 Å². The average molecular weight is 627 g/mol. The predicted molar refractivity (Wildman–Crippen MR) is 174 cm³/mol. The monoisotopic (exact) mass is 627 g/mol. The SMILES string of the molecule is [C-]#[N+]/C(C#N)=C\c1ccc(-c2ccc(-c3ccc4c(c3)C(C)(C)c3ccccc3N4c3ccccc3)c(N=[Se])c2N)s1. The summed E-state index contributed by atoms with van der Waals surface area (Å²) in [6.45, 7) is 11.7. The number of nitrogens with zero attached hydrogens (tertiary/aromatic N) is 4. The average Bonchev–Trinajstić information content (AvgIpc) is 3.48. The fraction of sp³-hybridized carbons (Fsp3) is 0.0857. The summed E-state index contributed by atoms with van der Waals surface area (Å²) >= 11 is 4.30. The summed E-state index contributed by atoms with van der Waals surface area (Å²) in [5, 5.41) is 9.12. The van der Waals surface area contributed by atoms with E-state index < -0.39 is 0 Å². The molecule has 0 bridgehead atoms. The van der Waals surface area contributed by atoms with Crippen molar-refractivity contribution in [1.82, 2.24) is 0 Å². The van der Waals surface area contributed by atoms with Crippen LogP contribution in [0.25, 0.3) is 32.5 Å². The Bertz CT molecular complexity index is 1960. The quantitative estimate of drug-likeness (QED) is 0.0914. The van der Waals surface area contributed by atoms with Gasteiger partial charge in [-0.1, -0.05) is 0 Å². The molecule has 1 aliphatic rings. The molecule has 0 atom stereocenters. The molecule has 2 N–H and O–H groups in total. The van der Waals surface area contributed by atoms with E-state index in [0.717, 1.165) is 37.8 Å². The number of allylic oxidation sites excluding steroid dienone is 1. The number of nitrogens with two attached hydrogens (primary N) is 1. The summed E-state index contributed by atoms with van der Waals surface area (Å²) in [6.07, 6.45) is 1.59. The molecule has 0 spiro atoms. The van der Waals surface area contributed by atoms with Gasteiger partial charge >= 0.3 is 259 Å². The summed E-state index contributed by atoms with van der Waals surface area (Å²) in [6, 6.07) is 35.6. The third-order valence-corrected chi connectivity index (χ3v) is 9.22. The zero-order chi connectivity index (χ0) is 29.4. The van der Waals surface area contributed by atoms with Crippen molar-refractivity contribution in [2.24, 2.45) is 3.96 Å². The second-order valence-corrected chi connectivity index (χ2v) is 12.0. The van der Waals surface area contributed by atoms with E-state index in [0.29, 0.717) is 11.4 Å². The minimum absolute atomic E-state index is 0.0503. The molecular weight excluding hydrogens is 601 g/mol. The third kappa shape index (κ3) is 4.55. The van der Waals surface area contributed by atoms with Gasteiger partial charge in [-0.05, 0) is 0 Å². The standard InChI is InChI=1S/C35H25N5SSe/c1-35(2)28-11-7-8-12-30(28)40(24-9-5-4-6-10-24)31-17-13-22(19-29(31)35)26-15-16-27(33(37)34(26)39-42)32-18-14-25(41-32)20-23(21-36)38-3/h4-20H,37H2,1-2H3/b23-20-. The first kappa shape index (κ1) is 27.4. The Morgan fingerprint density at radius 3 is 2.40 bits per heavy atom. The Balaban J connectivity index is 1.47. The molecule has 6 rings (SSSR count). The number of nitriles is 1. The molecule has 7 heteroatoms. The summed E-state index contributed by atoms with van der Waals surface area (Å²) in [7, 11) is 0. The molecule has 0 saturated heterocycles. The Labute approximate surface area is 257 Å². The second kappa shape index (κ2) is 10.9. The Kier molecular flexibility index (Phi) is 7.10. The van der Waals surface area contributed by atoms with Crippen LogP contribution < -0.4 is 10.6 Å². The molecule has 0 radical (unpaired) electrons. The van der Waals surface area contributed by atoms with Crippen LogP contribution in [0.5, 0.6) is 0 Å². The number of anilines is 4. The van der Waals surface area contributed by atoms with Crippen LogP contribution in [0.2, 0.25) is 0 Å². The number of para-hydroxylation sites is 2. The van der Waals surface area contributed by atoms with Crippen molar-refractivity contribution >= 4 is 61.7 Å². The van der Waals surface area contributed by atoms with Crippen molar-refractivity contribution in [2.75, 3.05) is 10.6 Å². The molecule has 2 heterocycles. The summed E-state index contributed by atoms with van der Waals surface area (Å²) in [5.74, 6) is 0. The van der Waals surface area contributed by atoms with Crippen LogP contribution in [0.4, 0.5) is 28.4 Å². The van der Waals surface area contributed by atoms with E-state index >= 15 is 0 Å². The van der Waals surface area contributed by atoms with Crippen molar-refractivity contribution < 1.29 is 0 Å². The molecule has 42 heavy (non-hydrogen) atoms. The fourth-order valence-corrected chi connectivity index (χ4v) is 7.08. The van der Waals surface area contributed by atoms with Crippen LogP contribution in [0.1, 0.15) is 29.9 Å². The van der Waals surface area contributed by atoms with Crippen LogP contribution in [0.3, 0.4) is 0 Å². The number of hydrogen-bond donors (Lipinski definition) is 1.